The van der Waals surface area contributed by atoms with Gasteiger partial charge in [0.15, 0.2) is 17.0 Å². The number of hydrogen-bond donors (Lipinski definition) is 2. The van der Waals surface area contributed by atoms with Gasteiger partial charge in [0.05, 0.1) is 28.9 Å². The summed E-state index contributed by atoms with van der Waals surface area (Å²) >= 11 is 1.01. The molecule has 0 fully saturated rings. The summed E-state index contributed by atoms with van der Waals surface area (Å²) in [7, 11) is 0. The van der Waals surface area contributed by atoms with Crippen molar-refractivity contribution in [3.63, 3.8) is 0 Å². The molecule has 0 saturated heterocycles. The number of carbonyl (C=O) groups excluding carboxylic acids is 2. The third-order valence-electron chi connectivity index (χ3n) is 7.40. The van der Waals surface area contributed by atoms with Crippen LogP contribution in [0.5, 0.6) is 11.5 Å². The van der Waals surface area contributed by atoms with Gasteiger partial charge in [-0.2, -0.15) is 22.0 Å². The number of phenols is 1. The van der Waals surface area contributed by atoms with Crippen LogP contribution in [-0.2, 0) is 6.42 Å². The van der Waals surface area contributed by atoms with Crippen LogP contribution in [-0.4, -0.2) is 52.0 Å². The molecule has 0 radical (unpaired) electrons. The average molecular weight is 735 g/mol. The van der Waals surface area contributed by atoms with E-state index in [4.69, 9.17) is 9.15 Å². The van der Waals surface area contributed by atoms with Gasteiger partial charge in [-0.15, -0.1) is 11.8 Å². The van der Waals surface area contributed by atoms with Crippen LogP contribution in [0, 0.1) is 0 Å². The summed E-state index contributed by atoms with van der Waals surface area (Å²) in [5.74, 6) is -7.16. The fourth-order valence-corrected chi connectivity index (χ4v) is 5.91. The van der Waals surface area contributed by atoms with E-state index >= 15 is 0 Å². The molecule has 266 valence electrons. The number of ketones is 1. The SMILES string of the molecule is CCCc1c(OCCC/C=C\C=C\[C@H](Sc2ccc3c(=O)cc(C(=O)[O-])oc3c2)[C@H](O)CCCC(F)(F)C(F)(F)F)ccc(C(C)=O)c1O.[Na+]. The number of halogens is 5. The molecule has 0 amide bonds. The number of alkyl halides is 5. The van der Waals surface area contributed by atoms with E-state index in [2.05, 4.69) is 0 Å². The Hall–Kier alpha value is -3.17. The normalized spacial score (nSPS) is 13.4. The number of benzene rings is 2. The summed E-state index contributed by atoms with van der Waals surface area (Å²) in [6.07, 6.45) is -0.576. The van der Waals surface area contributed by atoms with E-state index in [0.717, 1.165) is 24.2 Å². The number of allylic oxidation sites excluding steroid dienone is 3. The Kier molecular flexibility index (Phi) is 16.7. The fraction of sp³-hybridized carbons (Fsp3) is 0.400. The van der Waals surface area contributed by atoms with Gasteiger partial charge in [0.25, 0.3) is 0 Å². The number of thioether (sulfide) groups is 1. The maximum atomic E-state index is 13.4. The predicted molar refractivity (Wildman–Crippen MR) is 172 cm³/mol. The number of Topliss-reactive ketones (excluding diaryl/α,β-unsaturated/α-hetero) is 1. The van der Waals surface area contributed by atoms with Crippen LogP contribution in [0.15, 0.2) is 74.8 Å². The van der Waals surface area contributed by atoms with Crippen LogP contribution in [0.25, 0.3) is 11.0 Å². The van der Waals surface area contributed by atoms with E-state index in [1.807, 2.05) is 6.92 Å². The third-order valence-corrected chi connectivity index (χ3v) is 8.67. The number of ether oxygens (including phenoxy) is 1. The van der Waals surface area contributed by atoms with Crippen LogP contribution in [0.4, 0.5) is 22.0 Å². The molecular weight excluding hydrogens is 698 g/mol. The van der Waals surface area contributed by atoms with Gasteiger partial charge in [-0.05, 0) is 69.4 Å². The van der Waals surface area contributed by atoms with Crippen LogP contribution in [0.2, 0.25) is 0 Å². The number of unbranched alkanes of at least 4 members (excludes halogenated alkanes) is 1. The van der Waals surface area contributed by atoms with Crippen molar-refractivity contribution in [2.75, 3.05) is 6.61 Å². The molecule has 0 bridgehead atoms. The average Bonchev–Trinajstić information content (AvgIpc) is 3.02. The molecule has 3 aromatic rings. The van der Waals surface area contributed by atoms with E-state index in [1.165, 1.54) is 31.2 Å². The van der Waals surface area contributed by atoms with E-state index in [0.29, 0.717) is 42.1 Å². The largest absolute Gasteiger partial charge is 1.00 e. The monoisotopic (exact) mass is 734 g/mol. The Bertz CT molecular complexity index is 1740. The number of phenolic OH excluding ortho intramolecular Hbond substituents is 1. The van der Waals surface area contributed by atoms with Gasteiger partial charge >= 0.3 is 41.7 Å². The minimum atomic E-state index is -5.71. The molecule has 8 nitrogen and oxygen atoms in total. The molecule has 1 aromatic heterocycles. The molecule has 15 heteroatoms. The number of aromatic carboxylic acids is 1. The molecule has 0 aliphatic rings. The second-order valence-electron chi connectivity index (χ2n) is 11.2. The van der Waals surface area contributed by atoms with Gasteiger partial charge in [-0.3, -0.25) is 9.59 Å². The maximum absolute atomic E-state index is 13.4. The summed E-state index contributed by atoms with van der Waals surface area (Å²) in [6, 6.07) is 8.18. The number of aliphatic hydroxyl groups is 1. The van der Waals surface area contributed by atoms with Crippen molar-refractivity contribution in [3.8, 4) is 11.5 Å². The minimum absolute atomic E-state index is 0. The molecule has 2 aromatic carbocycles. The Balaban J connectivity index is 0.00000867. The zero-order chi connectivity index (χ0) is 36.4. The maximum Gasteiger partial charge on any atom is 1.00 e. The van der Waals surface area contributed by atoms with Crippen molar-refractivity contribution >= 4 is 34.5 Å². The van der Waals surface area contributed by atoms with Crippen molar-refractivity contribution in [3.05, 3.63) is 87.8 Å². The van der Waals surface area contributed by atoms with Gasteiger partial charge < -0.3 is 29.3 Å². The summed E-state index contributed by atoms with van der Waals surface area (Å²) in [5.41, 5.74) is 0.0851. The van der Waals surface area contributed by atoms with E-state index in [9.17, 15) is 51.7 Å². The van der Waals surface area contributed by atoms with Crippen molar-refractivity contribution in [1.82, 2.24) is 0 Å². The number of aromatic hydroxyl groups is 1. The standard InChI is InChI=1S/C35H37F5O8S.Na/c1-3-10-25-28(16-15-23(21(2)41)32(25)44)47-18-8-6-4-5-7-12-31(26(42)11-9-17-34(36,37)35(38,39)40)49-22-13-14-24-27(43)20-30(33(45)46)48-29(24)19-22;/h4-5,7,12-16,19-20,26,31,42,44H,3,6,8-11,17-18H2,1-2H3,(H,45,46);/q;+1/p-1/b5-4-,12-7+;/t26-,31+;/m1./s1. The second-order valence-corrected chi connectivity index (χ2v) is 12.5. The van der Waals surface area contributed by atoms with Gasteiger partial charge in [-0.25, -0.2) is 0 Å². The number of aliphatic hydroxyl groups excluding tert-OH is 1. The van der Waals surface area contributed by atoms with Gasteiger partial charge in [-0.1, -0.05) is 37.6 Å². The number of hydrogen-bond acceptors (Lipinski definition) is 9. The van der Waals surface area contributed by atoms with Crippen LogP contribution >= 0.6 is 11.8 Å². The number of carboxylic acids is 1. The predicted octanol–water partition coefficient (Wildman–Crippen LogP) is 4.18. The molecule has 0 unspecified atom stereocenters. The molecular formula is C35H36F5NaO8S. The molecule has 0 aliphatic carbocycles. The zero-order valence-electron chi connectivity index (χ0n) is 27.7. The molecule has 50 heavy (non-hydrogen) atoms. The Morgan fingerprint density at radius 2 is 1.80 bits per heavy atom. The zero-order valence-corrected chi connectivity index (χ0v) is 30.5. The van der Waals surface area contributed by atoms with Gasteiger partial charge in [0.2, 0.25) is 0 Å². The summed E-state index contributed by atoms with van der Waals surface area (Å²) in [5, 5.41) is 31.8. The summed E-state index contributed by atoms with van der Waals surface area (Å²) in [6.45, 7) is 3.61. The first-order valence-electron chi connectivity index (χ1n) is 15.5. The Morgan fingerprint density at radius 1 is 1.08 bits per heavy atom. The van der Waals surface area contributed by atoms with Gasteiger partial charge in [0, 0.05) is 22.9 Å². The number of rotatable bonds is 18. The quantitative estimate of drug-likeness (QED) is 0.0493. The minimum Gasteiger partial charge on any atom is -0.542 e. The van der Waals surface area contributed by atoms with Crippen molar-refractivity contribution in [1.29, 1.82) is 0 Å². The second kappa shape index (κ2) is 19.4. The number of carboxylic acid groups (broad SMARTS) is 1. The molecule has 3 rings (SSSR count). The summed E-state index contributed by atoms with van der Waals surface area (Å²) in [4.78, 5) is 35.6. The molecule has 0 spiro atoms. The van der Waals surface area contributed by atoms with Crippen molar-refractivity contribution in [2.24, 2.45) is 0 Å². The molecule has 2 N–H and O–H groups in total. The molecule has 2 atom stereocenters. The number of fused-ring (bicyclic) bond motifs is 1. The first kappa shape index (κ1) is 43.0. The Morgan fingerprint density at radius 3 is 2.44 bits per heavy atom. The molecule has 1 heterocycles. The topological polar surface area (TPSA) is 137 Å². The van der Waals surface area contributed by atoms with Crippen LogP contribution in [0.3, 0.4) is 0 Å². The van der Waals surface area contributed by atoms with Crippen LogP contribution in [0.1, 0.15) is 78.8 Å². The van der Waals surface area contributed by atoms with Crippen molar-refractivity contribution < 1.29 is 85.6 Å². The molecule has 0 aliphatic heterocycles. The number of carbonyl (C=O) groups is 2. The smallest absolute Gasteiger partial charge is 0.542 e. The molecule has 0 saturated carbocycles. The van der Waals surface area contributed by atoms with Crippen molar-refractivity contribution in [2.45, 2.75) is 87.1 Å². The van der Waals surface area contributed by atoms with E-state index in [-0.39, 0.29) is 64.0 Å². The van der Waals surface area contributed by atoms with Gasteiger partial charge in [0.1, 0.15) is 23.1 Å². The van der Waals surface area contributed by atoms with Crippen LogP contribution < -0.4 is 44.8 Å². The van der Waals surface area contributed by atoms with E-state index < -0.39 is 53.5 Å². The Labute approximate surface area is 311 Å². The summed E-state index contributed by atoms with van der Waals surface area (Å²) < 4.78 is 75.8. The fourth-order valence-electron chi connectivity index (χ4n) is 4.81. The first-order chi connectivity index (χ1) is 23.1. The first-order valence-corrected chi connectivity index (χ1v) is 16.3. The van der Waals surface area contributed by atoms with E-state index in [1.54, 1.807) is 30.4 Å². The third kappa shape index (κ3) is 12.0.